The van der Waals surface area contributed by atoms with E-state index >= 15 is 0 Å². The van der Waals surface area contributed by atoms with Crippen LogP contribution in [0.5, 0.6) is 0 Å². The lowest BCUT2D eigenvalue weighted by Crippen LogP contribution is -2.55. The van der Waals surface area contributed by atoms with E-state index in [1.54, 1.807) is 10.4 Å². The van der Waals surface area contributed by atoms with Gasteiger partial charge in [0.05, 0.1) is 0 Å². The van der Waals surface area contributed by atoms with Crippen LogP contribution in [0.4, 0.5) is 0 Å². The SMILES string of the molecule is Cc1ccccc2cc(C)c([Si](C)(C)c3c(C)cc4ccccc(C)c3-4)c1-2. The van der Waals surface area contributed by atoms with Crippen molar-refractivity contribution in [2.24, 2.45) is 0 Å². The molecule has 0 heterocycles. The van der Waals surface area contributed by atoms with E-state index in [0.29, 0.717) is 0 Å². The van der Waals surface area contributed by atoms with Crippen LogP contribution in [0, 0.1) is 27.7 Å². The van der Waals surface area contributed by atoms with Crippen LogP contribution in [0.3, 0.4) is 0 Å². The zero-order valence-corrected chi connectivity index (χ0v) is 18.3. The van der Waals surface area contributed by atoms with Gasteiger partial charge in [0.2, 0.25) is 0 Å². The third-order valence-electron chi connectivity index (χ3n) is 6.11. The van der Waals surface area contributed by atoms with Crippen LogP contribution >= 0.6 is 0 Å². The fraction of sp³-hybridized carbons (Fsp3) is 0.231. The number of fused-ring (bicyclic) bond motifs is 2. The summed E-state index contributed by atoms with van der Waals surface area (Å²) in [6.45, 7) is 14.2. The Morgan fingerprint density at radius 2 is 0.889 bits per heavy atom. The molecule has 0 saturated carbocycles. The van der Waals surface area contributed by atoms with Gasteiger partial charge >= 0.3 is 0 Å². The van der Waals surface area contributed by atoms with Crippen molar-refractivity contribution >= 4 is 18.4 Å². The summed E-state index contributed by atoms with van der Waals surface area (Å²) in [4.78, 5) is 0. The molecule has 0 radical (unpaired) electrons. The lowest BCUT2D eigenvalue weighted by Gasteiger charge is -2.28. The van der Waals surface area contributed by atoms with Crippen LogP contribution in [0.1, 0.15) is 22.3 Å². The summed E-state index contributed by atoms with van der Waals surface area (Å²) < 4.78 is 0. The lowest BCUT2D eigenvalue weighted by molar-refractivity contribution is 1.50. The molecule has 0 saturated heterocycles. The maximum absolute atomic E-state index is 2.54. The van der Waals surface area contributed by atoms with Gasteiger partial charge in [0.15, 0.2) is 0 Å². The average molecular weight is 369 g/mol. The van der Waals surface area contributed by atoms with Gasteiger partial charge in [-0.3, -0.25) is 0 Å². The van der Waals surface area contributed by atoms with Crippen molar-refractivity contribution in [3.8, 4) is 22.3 Å². The number of aryl methyl sites for hydroxylation is 4. The molecule has 0 atom stereocenters. The van der Waals surface area contributed by atoms with E-state index in [2.05, 4.69) is 101 Å². The Kier molecular flexibility index (Phi) is 4.23. The van der Waals surface area contributed by atoms with Crippen LogP contribution in [-0.2, 0) is 0 Å². The first-order valence-electron chi connectivity index (χ1n) is 9.81. The third kappa shape index (κ3) is 2.73. The Hall–Kier alpha value is -2.38. The summed E-state index contributed by atoms with van der Waals surface area (Å²) >= 11 is 0. The van der Waals surface area contributed by atoms with Crippen molar-refractivity contribution in [1.29, 1.82) is 0 Å². The maximum Gasteiger partial charge on any atom is 0.114 e. The summed E-state index contributed by atoms with van der Waals surface area (Å²) in [6, 6.07) is 22.5. The van der Waals surface area contributed by atoms with Crippen molar-refractivity contribution in [2.75, 3.05) is 0 Å². The highest BCUT2D eigenvalue weighted by Crippen LogP contribution is 2.33. The summed E-state index contributed by atoms with van der Waals surface area (Å²) in [5.41, 5.74) is 11.4. The number of rotatable bonds is 2. The van der Waals surface area contributed by atoms with Crippen LogP contribution in [0.15, 0.2) is 60.7 Å². The molecule has 4 aliphatic rings. The van der Waals surface area contributed by atoms with Crippen LogP contribution in [0.2, 0.25) is 13.1 Å². The smallest absolute Gasteiger partial charge is 0.0620 e. The second-order valence-corrected chi connectivity index (χ2v) is 12.7. The Morgan fingerprint density at radius 3 is 1.30 bits per heavy atom. The molecule has 4 rings (SSSR count). The molecule has 1 heteroatoms. The van der Waals surface area contributed by atoms with Gasteiger partial charge < -0.3 is 0 Å². The first-order valence-corrected chi connectivity index (χ1v) is 12.8. The highest BCUT2D eigenvalue weighted by Gasteiger charge is 2.37. The molecule has 136 valence electrons. The van der Waals surface area contributed by atoms with E-state index in [1.807, 2.05) is 0 Å². The topological polar surface area (TPSA) is 0 Å². The van der Waals surface area contributed by atoms with Gasteiger partial charge in [-0.05, 0) is 71.4 Å². The molecule has 0 aromatic carbocycles. The van der Waals surface area contributed by atoms with Crippen LogP contribution in [-0.4, -0.2) is 8.07 Å². The molecule has 0 amide bonds. The van der Waals surface area contributed by atoms with Crippen molar-refractivity contribution in [1.82, 2.24) is 0 Å². The Bertz CT molecular complexity index is 1000. The minimum absolute atomic E-state index is 1.38. The minimum Gasteiger partial charge on any atom is -0.0620 e. The largest absolute Gasteiger partial charge is 0.114 e. The van der Waals surface area contributed by atoms with E-state index in [1.165, 1.54) is 44.5 Å². The molecule has 0 spiro atoms. The fourth-order valence-corrected chi connectivity index (χ4v) is 9.47. The van der Waals surface area contributed by atoms with Crippen molar-refractivity contribution in [3.05, 3.63) is 82.9 Å². The summed E-state index contributed by atoms with van der Waals surface area (Å²) in [5.74, 6) is 0. The molecular weight excluding hydrogens is 340 g/mol. The first-order chi connectivity index (χ1) is 12.8. The molecule has 0 aliphatic heterocycles. The van der Waals surface area contributed by atoms with Gasteiger partial charge in [-0.1, -0.05) is 84.9 Å². The van der Waals surface area contributed by atoms with Gasteiger partial charge in [-0.15, -0.1) is 0 Å². The minimum atomic E-state index is -1.90. The highest BCUT2D eigenvalue weighted by molar-refractivity contribution is 7.02. The molecule has 0 aromatic heterocycles. The number of hydrogen-bond donors (Lipinski definition) is 0. The molecule has 0 nitrogen and oxygen atoms in total. The van der Waals surface area contributed by atoms with Crippen LogP contribution < -0.4 is 10.4 Å². The normalized spacial score (nSPS) is 12.1. The van der Waals surface area contributed by atoms with Crippen molar-refractivity contribution in [2.45, 2.75) is 40.8 Å². The molecule has 0 aromatic rings. The van der Waals surface area contributed by atoms with Gasteiger partial charge in [-0.25, -0.2) is 0 Å². The predicted molar refractivity (Wildman–Crippen MR) is 122 cm³/mol. The van der Waals surface area contributed by atoms with E-state index in [9.17, 15) is 0 Å². The summed E-state index contributed by atoms with van der Waals surface area (Å²) in [5, 5.41) is 3.21. The van der Waals surface area contributed by atoms with Crippen LogP contribution in [0.25, 0.3) is 22.3 Å². The van der Waals surface area contributed by atoms with Gasteiger partial charge in [0.1, 0.15) is 8.07 Å². The second-order valence-electron chi connectivity index (χ2n) is 8.49. The highest BCUT2D eigenvalue weighted by atomic mass is 28.3. The lowest BCUT2D eigenvalue weighted by atomic mass is 10.1. The molecule has 0 fully saturated rings. The van der Waals surface area contributed by atoms with Crippen molar-refractivity contribution < 1.29 is 0 Å². The predicted octanol–water partition coefficient (Wildman–Crippen LogP) is 5.95. The zero-order chi connectivity index (χ0) is 19.3. The Labute approximate surface area is 164 Å². The van der Waals surface area contributed by atoms with E-state index < -0.39 is 8.07 Å². The quantitative estimate of drug-likeness (QED) is 0.383. The van der Waals surface area contributed by atoms with Crippen molar-refractivity contribution in [3.63, 3.8) is 0 Å². The van der Waals surface area contributed by atoms with Gasteiger partial charge in [-0.2, -0.15) is 0 Å². The Morgan fingerprint density at radius 1 is 0.519 bits per heavy atom. The van der Waals surface area contributed by atoms with E-state index in [4.69, 9.17) is 0 Å². The monoisotopic (exact) mass is 368 g/mol. The molecule has 0 N–H and O–H groups in total. The maximum atomic E-state index is 2.54. The summed E-state index contributed by atoms with van der Waals surface area (Å²) in [6.07, 6.45) is 0. The average Bonchev–Trinajstić information content (AvgIpc) is 3.00. The molecule has 0 unspecified atom stereocenters. The standard InChI is InChI=1S/C26H28Si/c1-17-11-7-9-13-21-15-19(3)25(23(17)21)27(5,6)26-20(4)16-22-14-10-8-12-18(2)24(22)26/h7-16H,1-6H3. The first kappa shape index (κ1) is 18.0. The molecule has 27 heavy (non-hydrogen) atoms. The van der Waals surface area contributed by atoms with Gasteiger partial charge in [0, 0.05) is 0 Å². The summed E-state index contributed by atoms with van der Waals surface area (Å²) in [7, 11) is -1.90. The second kappa shape index (κ2) is 6.35. The van der Waals surface area contributed by atoms with Gasteiger partial charge in [0.25, 0.3) is 0 Å². The fourth-order valence-electron chi connectivity index (χ4n) is 5.17. The molecule has 0 bridgehead atoms. The van der Waals surface area contributed by atoms with E-state index in [0.717, 1.165) is 0 Å². The molecule has 4 aliphatic carbocycles. The Balaban J connectivity index is 2.07. The third-order valence-corrected chi connectivity index (χ3v) is 9.90. The molecular formula is C26H28Si. The number of hydrogen-bond acceptors (Lipinski definition) is 0. The zero-order valence-electron chi connectivity index (χ0n) is 17.3. The van der Waals surface area contributed by atoms with E-state index in [-0.39, 0.29) is 0 Å².